The third kappa shape index (κ3) is 3.47. The molecule has 1 aromatic carbocycles. The fourth-order valence-electron chi connectivity index (χ4n) is 1.62. The van der Waals surface area contributed by atoms with Crippen molar-refractivity contribution in [3.8, 4) is 0 Å². The van der Waals surface area contributed by atoms with Gasteiger partial charge in [-0.05, 0) is 36.6 Å². The molecule has 1 N–H and O–H groups in total. The van der Waals surface area contributed by atoms with Gasteiger partial charge < -0.3 is 10.1 Å². The maximum absolute atomic E-state index is 11.5. The molecule has 2 rings (SSSR count). The van der Waals surface area contributed by atoms with Crippen LogP contribution >= 0.6 is 11.6 Å². The smallest absolute Gasteiger partial charge is 0.309 e. The minimum absolute atomic E-state index is 0.0201. The maximum atomic E-state index is 11.5. The molecule has 18 heavy (non-hydrogen) atoms. The van der Waals surface area contributed by atoms with Crippen LogP contribution < -0.4 is 5.32 Å². The fraction of sp³-hybridized carbons (Fsp3) is 0.385. The predicted octanol–water partition coefficient (Wildman–Crippen LogP) is 2.48. The van der Waals surface area contributed by atoms with Crippen LogP contribution in [0.25, 0.3) is 0 Å². The van der Waals surface area contributed by atoms with Gasteiger partial charge in [-0.1, -0.05) is 18.5 Å². The summed E-state index contributed by atoms with van der Waals surface area (Å²) < 4.78 is 4.92. The van der Waals surface area contributed by atoms with E-state index in [1.165, 1.54) is 0 Å². The van der Waals surface area contributed by atoms with Gasteiger partial charge in [-0.25, -0.2) is 0 Å². The van der Waals surface area contributed by atoms with Crippen LogP contribution in [0.4, 0.5) is 5.69 Å². The molecule has 4 nitrogen and oxygen atoms in total. The van der Waals surface area contributed by atoms with E-state index in [9.17, 15) is 9.59 Å². The Labute approximate surface area is 110 Å². The summed E-state index contributed by atoms with van der Waals surface area (Å²) in [6, 6.07) is 6.72. The SMILES string of the molecule is C[C@@H]1C[C@H]1C(=O)OCC(=O)Nc1ccc(Cl)cc1. The first-order chi connectivity index (χ1) is 8.56. The average molecular weight is 268 g/mol. The van der Waals surface area contributed by atoms with Gasteiger partial charge in [0.1, 0.15) is 0 Å². The Morgan fingerprint density at radius 3 is 2.56 bits per heavy atom. The molecule has 2 atom stereocenters. The Hall–Kier alpha value is -1.55. The van der Waals surface area contributed by atoms with E-state index < -0.39 is 0 Å². The van der Waals surface area contributed by atoms with E-state index in [0.717, 1.165) is 6.42 Å². The zero-order chi connectivity index (χ0) is 13.1. The summed E-state index contributed by atoms with van der Waals surface area (Å²) in [4.78, 5) is 22.9. The van der Waals surface area contributed by atoms with E-state index in [2.05, 4.69) is 5.32 Å². The molecule has 0 aromatic heterocycles. The summed E-state index contributed by atoms with van der Waals surface area (Å²) in [6.07, 6.45) is 0.859. The first-order valence-corrected chi connectivity index (χ1v) is 6.16. The summed E-state index contributed by atoms with van der Waals surface area (Å²) in [5, 5.41) is 3.22. The van der Waals surface area contributed by atoms with Crippen molar-refractivity contribution < 1.29 is 14.3 Å². The summed E-state index contributed by atoms with van der Waals surface area (Å²) >= 11 is 5.72. The van der Waals surface area contributed by atoms with E-state index in [4.69, 9.17) is 16.3 Å². The lowest BCUT2D eigenvalue weighted by molar-refractivity contribution is -0.148. The van der Waals surface area contributed by atoms with Crippen LogP contribution in [0.3, 0.4) is 0 Å². The highest BCUT2D eigenvalue weighted by Gasteiger charge is 2.40. The van der Waals surface area contributed by atoms with Crippen LogP contribution in [-0.2, 0) is 14.3 Å². The topological polar surface area (TPSA) is 55.4 Å². The van der Waals surface area contributed by atoms with Gasteiger partial charge in [0.2, 0.25) is 0 Å². The van der Waals surface area contributed by atoms with Crippen LogP contribution in [0.2, 0.25) is 5.02 Å². The van der Waals surface area contributed by atoms with Gasteiger partial charge in [-0.15, -0.1) is 0 Å². The Morgan fingerprint density at radius 1 is 1.39 bits per heavy atom. The third-order valence-electron chi connectivity index (χ3n) is 2.89. The number of ether oxygens (including phenoxy) is 1. The Bertz CT molecular complexity index is 458. The molecule has 0 bridgehead atoms. The zero-order valence-electron chi connectivity index (χ0n) is 9.98. The average Bonchev–Trinajstić information content (AvgIpc) is 3.06. The zero-order valence-corrected chi connectivity index (χ0v) is 10.7. The molecule has 1 fully saturated rings. The molecule has 0 aliphatic heterocycles. The molecule has 1 aromatic rings. The third-order valence-corrected chi connectivity index (χ3v) is 3.14. The number of hydrogen-bond acceptors (Lipinski definition) is 3. The van der Waals surface area contributed by atoms with Crippen molar-refractivity contribution in [3.63, 3.8) is 0 Å². The molecule has 0 radical (unpaired) electrons. The highest BCUT2D eigenvalue weighted by Crippen LogP contribution is 2.38. The van der Waals surface area contributed by atoms with Crippen LogP contribution in [-0.4, -0.2) is 18.5 Å². The number of amides is 1. The highest BCUT2D eigenvalue weighted by atomic mass is 35.5. The summed E-state index contributed by atoms with van der Waals surface area (Å²) in [7, 11) is 0. The molecule has 0 heterocycles. The first-order valence-electron chi connectivity index (χ1n) is 5.78. The molecular weight excluding hydrogens is 254 g/mol. The van der Waals surface area contributed by atoms with Crippen molar-refractivity contribution in [2.75, 3.05) is 11.9 Å². The monoisotopic (exact) mass is 267 g/mol. The van der Waals surface area contributed by atoms with Gasteiger partial charge in [0, 0.05) is 10.7 Å². The number of rotatable bonds is 4. The number of hydrogen-bond donors (Lipinski definition) is 1. The molecule has 0 unspecified atom stereocenters. The molecule has 96 valence electrons. The van der Waals surface area contributed by atoms with E-state index in [1.54, 1.807) is 24.3 Å². The van der Waals surface area contributed by atoms with Crippen LogP contribution in [0.5, 0.6) is 0 Å². The predicted molar refractivity (Wildman–Crippen MR) is 68.3 cm³/mol. The maximum Gasteiger partial charge on any atom is 0.309 e. The standard InChI is InChI=1S/C13H14ClNO3/c1-8-6-11(8)13(17)18-7-12(16)15-10-4-2-9(14)3-5-10/h2-5,8,11H,6-7H2,1H3,(H,15,16)/t8-,11-/m1/s1. The molecule has 0 saturated heterocycles. The molecule has 1 saturated carbocycles. The van der Waals surface area contributed by atoms with Crippen molar-refractivity contribution in [2.24, 2.45) is 11.8 Å². The van der Waals surface area contributed by atoms with Gasteiger partial charge >= 0.3 is 5.97 Å². The van der Waals surface area contributed by atoms with Crippen molar-refractivity contribution in [1.29, 1.82) is 0 Å². The molecule has 0 spiro atoms. The van der Waals surface area contributed by atoms with Crippen LogP contribution in [0.15, 0.2) is 24.3 Å². The number of nitrogens with one attached hydrogen (secondary N) is 1. The number of anilines is 1. The van der Waals surface area contributed by atoms with E-state index in [1.807, 2.05) is 6.92 Å². The van der Waals surface area contributed by atoms with Gasteiger partial charge in [-0.3, -0.25) is 9.59 Å². The Kier molecular flexibility index (Phi) is 3.87. The van der Waals surface area contributed by atoms with E-state index in [-0.39, 0.29) is 24.4 Å². The summed E-state index contributed by atoms with van der Waals surface area (Å²) in [6.45, 7) is 1.74. The number of carbonyl (C=O) groups excluding carboxylic acids is 2. The van der Waals surface area contributed by atoms with Crippen molar-refractivity contribution in [3.05, 3.63) is 29.3 Å². The van der Waals surface area contributed by atoms with E-state index in [0.29, 0.717) is 16.6 Å². The Morgan fingerprint density at radius 2 is 2.00 bits per heavy atom. The second kappa shape index (κ2) is 5.40. The molecular formula is C13H14ClNO3. The first kappa shape index (κ1) is 12.9. The number of carbonyl (C=O) groups is 2. The molecule has 1 amide bonds. The van der Waals surface area contributed by atoms with Gasteiger partial charge in [0.05, 0.1) is 5.92 Å². The van der Waals surface area contributed by atoms with Crippen molar-refractivity contribution in [1.82, 2.24) is 0 Å². The summed E-state index contributed by atoms with van der Waals surface area (Å²) in [5.74, 6) is -0.266. The second-order valence-electron chi connectivity index (χ2n) is 4.48. The minimum Gasteiger partial charge on any atom is -0.455 e. The van der Waals surface area contributed by atoms with Crippen molar-refractivity contribution in [2.45, 2.75) is 13.3 Å². The normalized spacial score (nSPS) is 21.2. The van der Waals surface area contributed by atoms with Gasteiger partial charge in [0.15, 0.2) is 6.61 Å². The Balaban J connectivity index is 1.75. The number of esters is 1. The molecule has 1 aliphatic rings. The molecule has 5 heteroatoms. The van der Waals surface area contributed by atoms with Gasteiger partial charge in [0.25, 0.3) is 5.91 Å². The fourth-order valence-corrected chi connectivity index (χ4v) is 1.75. The molecule has 1 aliphatic carbocycles. The number of halogens is 1. The van der Waals surface area contributed by atoms with Crippen LogP contribution in [0.1, 0.15) is 13.3 Å². The quantitative estimate of drug-likeness (QED) is 0.853. The largest absolute Gasteiger partial charge is 0.455 e. The van der Waals surface area contributed by atoms with Crippen LogP contribution in [0, 0.1) is 11.8 Å². The lowest BCUT2D eigenvalue weighted by Crippen LogP contribution is -2.21. The lowest BCUT2D eigenvalue weighted by Gasteiger charge is -2.06. The lowest BCUT2D eigenvalue weighted by atomic mass is 10.3. The van der Waals surface area contributed by atoms with Crippen molar-refractivity contribution >= 4 is 29.2 Å². The summed E-state index contributed by atoms with van der Waals surface area (Å²) in [5.41, 5.74) is 0.625. The second-order valence-corrected chi connectivity index (χ2v) is 4.92. The van der Waals surface area contributed by atoms with Gasteiger partial charge in [-0.2, -0.15) is 0 Å². The van der Waals surface area contributed by atoms with E-state index >= 15 is 0 Å². The highest BCUT2D eigenvalue weighted by molar-refractivity contribution is 6.30. The minimum atomic E-state index is -0.348. The number of benzene rings is 1.